The van der Waals surface area contributed by atoms with Gasteiger partial charge in [0.1, 0.15) is 5.75 Å². The zero-order valence-corrected chi connectivity index (χ0v) is 14.7. The Morgan fingerprint density at radius 1 is 1.08 bits per heavy atom. The van der Waals surface area contributed by atoms with Crippen molar-refractivity contribution in [2.45, 2.75) is 26.2 Å². The molecule has 1 aliphatic heterocycles. The van der Waals surface area contributed by atoms with E-state index in [1.807, 2.05) is 6.92 Å². The van der Waals surface area contributed by atoms with Crippen LogP contribution in [0.15, 0.2) is 42.5 Å². The molecule has 1 N–H and O–H groups in total. The van der Waals surface area contributed by atoms with Gasteiger partial charge in [0, 0.05) is 18.2 Å². The van der Waals surface area contributed by atoms with Gasteiger partial charge >= 0.3 is 0 Å². The third-order valence-electron chi connectivity index (χ3n) is 4.26. The van der Waals surface area contributed by atoms with E-state index in [0.29, 0.717) is 34.7 Å². The lowest BCUT2D eigenvalue weighted by Gasteiger charge is -2.18. The van der Waals surface area contributed by atoms with Crippen LogP contribution < -0.4 is 15.0 Å². The first kappa shape index (κ1) is 17.7. The number of hydrogen-bond donors (Lipinski definition) is 1. The number of carbonyl (C=O) groups is 3. The number of nitrogens with one attached hydrogen (secondary N) is 1. The first-order valence-electron chi connectivity index (χ1n) is 8.52. The summed E-state index contributed by atoms with van der Waals surface area (Å²) in [6.45, 7) is 2.02. The van der Waals surface area contributed by atoms with E-state index >= 15 is 0 Å². The molecule has 6 nitrogen and oxygen atoms in total. The molecule has 2 aromatic rings. The monoisotopic (exact) mass is 352 g/mol. The second-order valence-electron chi connectivity index (χ2n) is 6.03. The lowest BCUT2D eigenvalue weighted by molar-refractivity contribution is -0.116. The van der Waals surface area contributed by atoms with E-state index in [4.69, 9.17) is 4.74 Å². The van der Waals surface area contributed by atoms with Crippen molar-refractivity contribution in [3.8, 4) is 5.75 Å². The van der Waals surface area contributed by atoms with Gasteiger partial charge in [0.25, 0.3) is 11.8 Å². The van der Waals surface area contributed by atoms with Gasteiger partial charge in [-0.3, -0.25) is 14.4 Å². The minimum absolute atomic E-state index is 0.0811. The number of carbonyl (C=O) groups excluding carboxylic acids is 3. The molecular weight excluding hydrogens is 332 g/mol. The van der Waals surface area contributed by atoms with Crippen molar-refractivity contribution in [2.75, 3.05) is 17.3 Å². The number of hydrogen-bond acceptors (Lipinski definition) is 4. The summed E-state index contributed by atoms with van der Waals surface area (Å²) >= 11 is 0. The zero-order valence-electron chi connectivity index (χ0n) is 14.7. The molecule has 1 heterocycles. The standard InChI is InChI=1S/C20H20N2O4/c1-3-4-9-18(23)21-13-10-11-16(17(12-13)26-2)22-19(24)14-7-5-6-8-15(14)20(22)25/h5-8,10-12H,3-4,9H2,1-2H3,(H,21,23). The molecule has 0 aliphatic carbocycles. The zero-order chi connectivity index (χ0) is 18.7. The summed E-state index contributed by atoms with van der Waals surface area (Å²) in [6.07, 6.45) is 2.20. The molecule has 0 bridgehead atoms. The Balaban J connectivity index is 1.89. The smallest absolute Gasteiger partial charge is 0.266 e. The van der Waals surface area contributed by atoms with Gasteiger partial charge in [0.05, 0.1) is 23.9 Å². The minimum Gasteiger partial charge on any atom is -0.494 e. The maximum atomic E-state index is 12.6. The molecular formula is C20H20N2O4. The summed E-state index contributed by atoms with van der Waals surface area (Å²) in [5.41, 5.74) is 1.65. The predicted molar refractivity (Wildman–Crippen MR) is 98.7 cm³/mol. The van der Waals surface area contributed by atoms with Crippen LogP contribution in [-0.2, 0) is 4.79 Å². The number of nitrogens with zero attached hydrogens (tertiary/aromatic N) is 1. The molecule has 3 rings (SSSR count). The first-order valence-corrected chi connectivity index (χ1v) is 8.52. The van der Waals surface area contributed by atoms with Crippen LogP contribution in [0.2, 0.25) is 0 Å². The van der Waals surface area contributed by atoms with Crippen LogP contribution in [0.1, 0.15) is 46.9 Å². The largest absolute Gasteiger partial charge is 0.494 e. The number of imide groups is 1. The molecule has 6 heteroatoms. The number of unbranched alkanes of at least 4 members (excludes halogenated alkanes) is 1. The van der Waals surface area contributed by atoms with Crippen molar-refractivity contribution < 1.29 is 19.1 Å². The van der Waals surface area contributed by atoms with E-state index in [2.05, 4.69) is 5.32 Å². The van der Waals surface area contributed by atoms with E-state index in [1.165, 1.54) is 7.11 Å². The molecule has 0 unspecified atom stereocenters. The summed E-state index contributed by atoms with van der Waals surface area (Å²) in [6, 6.07) is 11.6. The average molecular weight is 352 g/mol. The van der Waals surface area contributed by atoms with Gasteiger partial charge in [-0.2, -0.15) is 0 Å². The van der Waals surface area contributed by atoms with Crippen LogP contribution in [0.3, 0.4) is 0 Å². The number of methoxy groups -OCH3 is 1. The van der Waals surface area contributed by atoms with E-state index < -0.39 is 0 Å². The highest BCUT2D eigenvalue weighted by molar-refractivity contribution is 6.34. The van der Waals surface area contributed by atoms with Gasteiger partial charge in [-0.05, 0) is 30.7 Å². The second-order valence-corrected chi connectivity index (χ2v) is 6.03. The van der Waals surface area contributed by atoms with E-state index in [9.17, 15) is 14.4 Å². The second kappa shape index (κ2) is 7.39. The van der Waals surface area contributed by atoms with Gasteiger partial charge in [0.15, 0.2) is 0 Å². The van der Waals surface area contributed by atoms with Crippen LogP contribution in [0, 0.1) is 0 Å². The van der Waals surface area contributed by atoms with Crippen molar-refractivity contribution in [3.05, 3.63) is 53.6 Å². The molecule has 2 aromatic carbocycles. The summed E-state index contributed by atoms with van der Waals surface area (Å²) in [7, 11) is 1.46. The molecule has 26 heavy (non-hydrogen) atoms. The molecule has 0 saturated heterocycles. The number of fused-ring (bicyclic) bond motifs is 1. The maximum Gasteiger partial charge on any atom is 0.266 e. The number of amides is 3. The van der Waals surface area contributed by atoms with Crippen molar-refractivity contribution in [1.29, 1.82) is 0 Å². The normalized spacial score (nSPS) is 12.9. The fourth-order valence-corrected chi connectivity index (χ4v) is 2.91. The molecule has 0 fully saturated rings. The van der Waals surface area contributed by atoms with Crippen molar-refractivity contribution in [2.24, 2.45) is 0 Å². The van der Waals surface area contributed by atoms with Crippen LogP contribution in [0.4, 0.5) is 11.4 Å². The number of anilines is 2. The van der Waals surface area contributed by atoms with Gasteiger partial charge in [-0.1, -0.05) is 25.5 Å². The fourth-order valence-electron chi connectivity index (χ4n) is 2.91. The Hall–Kier alpha value is -3.15. The average Bonchev–Trinajstić information content (AvgIpc) is 2.91. The van der Waals surface area contributed by atoms with Crippen LogP contribution in [0.25, 0.3) is 0 Å². The highest BCUT2D eigenvalue weighted by Crippen LogP contribution is 2.36. The van der Waals surface area contributed by atoms with Crippen molar-refractivity contribution >= 4 is 29.1 Å². The highest BCUT2D eigenvalue weighted by atomic mass is 16.5. The summed E-state index contributed by atoms with van der Waals surface area (Å²) < 4.78 is 5.36. The van der Waals surface area contributed by atoms with Gasteiger partial charge in [0.2, 0.25) is 5.91 Å². The van der Waals surface area contributed by atoms with E-state index in [1.54, 1.807) is 42.5 Å². The molecule has 0 atom stereocenters. The number of rotatable bonds is 6. The minimum atomic E-state index is -0.386. The van der Waals surface area contributed by atoms with Gasteiger partial charge in [-0.25, -0.2) is 4.90 Å². The van der Waals surface area contributed by atoms with E-state index in [0.717, 1.165) is 17.7 Å². The summed E-state index contributed by atoms with van der Waals surface area (Å²) in [4.78, 5) is 38.3. The quantitative estimate of drug-likeness (QED) is 0.806. The number of benzene rings is 2. The fraction of sp³-hybridized carbons (Fsp3) is 0.250. The number of ether oxygens (including phenoxy) is 1. The molecule has 3 amide bonds. The lowest BCUT2D eigenvalue weighted by atomic mass is 10.1. The van der Waals surface area contributed by atoms with Crippen molar-refractivity contribution in [3.63, 3.8) is 0 Å². The Morgan fingerprint density at radius 2 is 1.73 bits per heavy atom. The molecule has 0 radical (unpaired) electrons. The lowest BCUT2D eigenvalue weighted by Crippen LogP contribution is -2.29. The van der Waals surface area contributed by atoms with Gasteiger partial charge in [-0.15, -0.1) is 0 Å². The Morgan fingerprint density at radius 3 is 2.31 bits per heavy atom. The Kier molecular flexibility index (Phi) is 5.02. The first-order chi connectivity index (χ1) is 12.6. The SMILES string of the molecule is CCCCC(=O)Nc1ccc(N2C(=O)c3ccccc3C2=O)c(OC)c1. The molecule has 0 aromatic heterocycles. The Bertz CT molecular complexity index is 841. The third kappa shape index (κ3) is 3.18. The van der Waals surface area contributed by atoms with Crippen LogP contribution >= 0.6 is 0 Å². The highest BCUT2D eigenvalue weighted by Gasteiger charge is 2.37. The Labute approximate surface area is 151 Å². The maximum absolute atomic E-state index is 12.6. The topological polar surface area (TPSA) is 75.7 Å². The molecule has 134 valence electrons. The third-order valence-corrected chi connectivity index (χ3v) is 4.26. The van der Waals surface area contributed by atoms with Gasteiger partial charge < -0.3 is 10.1 Å². The van der Waals surface area contributed by atoms with Crippen molar-refractivity contribution in [1.82, 2.24) is 0 Å². The predicted octanol–water partition coefficient (Wildman–Crippen LogP) is 3.62. The molecule has 1 aliphatic rings. The molecule has 0 saturated carbocycles. The van der Waals surface area contributed by atoms with Crippen LogP contribution in [-0.4, -0.2) is 24.8 Å². The van der Waals surface area contributed by atoms with Crippen LogP contribution in [0.5, 0.6) is 5.75 Å². The van der Waals surface area contributed by atoms with E-state index in [-0.39, 0.29) is 17.7 Å². The summed E-state index contributed by atoms with van der Waals surface area (Å²) in [5, 5.41) is 2.80. The summed E-state index contributed by atoms with van der Waals surface area (Å²) in [5.74, 6) is -0.512. The molecule has 0 spiro atoms.